The largest absolute Gasteiger partial charge is 0.395 e. The summed E-state index contributed by atoms with van der Waals surface area (Å²) >= 11 is 0. The maximum atomic E-state index is 11.5. The molecule has 0 atom stereocenters. The van der Waals surface area contributed by atoms with Crippen LogP contribution in [0, 0.1) is 0 Å². The van der Waals surface area contributed by atoms with Crippen LogP contribution in [0.25, 0.3) is 6.08 Å². The zero-order valence-electron chi connectivity index (χ0n) is 9.67. The van der Waals surface area contributed by atoms with Gasteiger partial charge in [-0.15, -0.1) is 0 Å². The molecule has 0 spiro atoms. The van der Waals surface area contributed by atoms with Crippen LogP contribution in [-0.2, 0) is 9.59 Å². The molecule has 17 heavy (non-hydrogen) atoms. The number of hydrogen-bond acceptors (Lipinski definition) is 3. The second kappa shape index (κ2) is 6.60. The summed E-state index contributed by atoms with van der Waals surface area (Å²) in [6, 6.07) is 9.25. The average Bonchev–Trinajstić information content (AvgIpc) is 2.36. The van der Waals surface area contributed by atoms with Crippen molar-refractivity contribution in [2.45, 2.75) is 0 Å². The van der Waals surface area contributed by atoms with Gasteiger partial charge in [-0.05, 0) is 11.6 Å². The van der Waals surface area contributed by atoms with Gasteiger partial charge in [0.15, 0.2) is 0 Å². The Balaban J connectivity index is 2.60. The Morgan fingerprint density at radius 3 is 2.53 bits per heavy atom. The standard InChI is InChI=1S/C13H15NO3/c1-14(9-10-15)13(17)12(16)8-7-11-5-3-2-4-6-11/h2-8,15H,9-10H2,1H3/b8-7+. The fourth-order valence-corrected chi connectivity index (χ4v) is 1.25. The van der Waals surface area contributed by atoms with Gasteiger partial charge in [0.2, 0.25) is 5.78 Å². The van der Waals surface area contributed by atoms with Gasteiger partial charge in [0.25, 0.3) is 5.91 Å². The molecule has 0 aliphatic heterocycles. The number of amides is 1. The molecule has 4 heteroatoms. The molecule has 1 amide bonds. The summed E-state index contributed by atoms with van der Waals surface area (Å²) < 4.78 is 0. The summed E-state index contributed by atoms with van der Waals surface area (Å²) in [6.45, 7) is 0.00166. The molecule has 1 rings (SSSR count). The number of aliphatic hydroxyl groups excluding tert-OH is 1. The van der Waals surface area contributed by atoms with Crippen molar-refractivity contribution in [2.24, 2.45) is 0 Å². The molecule has 1 aromatic rings. The van der Waals surface area contributed by atoms with Crippen LogP contribution >= 0.6 is 0 Å². The lowest BCUT2D eigenvalue weighted by atomic mass is 10.2. The SMILES string of the molecule is CN(CCO)C(=O)C(=O)/C=C/c1ccccc1. The van der Waals surface area contributed by atoms with Crippen LogP contribution in [0.2, 0.25) is 0 Å². The first kappa shape index (κ1) is 13.1. The van der Waals surface area contributed by atoms with Gasteiger partial charge in [-0.25, -0.2) is 0 Å². The van der Waals surface area contributed by atoms with Gasteiger partial charge in [-0.1, -0.05) is 36.4 Å². The summed E-state index contributed by atoms with van der Waals surface area (Å²) in [5.41, 5.74) is 0.860. The molecule has 0 aromatic heterocycles. The third kappa shape index (κ3) is 4.20. The van der Waals surface area contributed by atoms with Crippen LogP contribution in [0.3, 0.4) is 0 Å². The van der Waals surface area contributed by atoms with Gasteiger partial charge in [-0.3, -0.25) is 9.59 Å². The Kier molecular flexibility index (Phi) is 5.10. The monoisotopic (exact) mass is 233 g/mol. The molecule has 0 aliphatic carbocycles. The quantitative estimate of drug-likeness (QED) is 0.602. The van der Waals surface area contributed by atoms with Gasteiger partial charge in [0.1, 0.15) is 0 Å². The van der Waals surface area contributed by atoms with Gasteiger partial charge in [-0.2, -0.15) is 0 Å². The van der Waals surface area contributed by atoms with Crippen molar-refractivity contribution < 1.29 is 14.7 Å². The molecule has 1 aromatic carbocycles. The molecule has 0 aliphatic rings. The van der Waals surface area contributed by atoms with Crippen LogP contribution in [0.4, 0.5) is 0 Å². The van der Waals surface area contributed by atoms with Crippen molar-refractivity contribution in [3.63, 3.8) is 0 Å². The Bertz CT molecular complexity index is 412. The third-order valence-corrected chi connectivity index (χ3v) is 2.22. The van der Waals surface area contributed by atoms with Crippen molar-refractivity contribution >= 4 is 17.8 Å². The summed E-state index contributed by atoms with van der Waals surface area (Å²) in [6.07, 6.45) is 2.83. The van der Waals surface area contributed by atoms with E-state index < -0.39 is 11.7 Å². The Morgan fingerprint density at radius 2 is 1.94 bits per heavy atom. The van der Waals surface area contributed by atoms with Crippen molar-refractivity contribution in [1.82, 2.24) is 4.90 Å². The molecule has 0 saturated carbocycles. The topological polar surface area (TPSA) is 57.6 Å². The highest BCUT2D eigenvalue weighted by Gasteiger charge is 2.14. The number of carbonyl (C=O) groups excluding carboxylic acids is 2. The molecule has 0 heterocycles. The third-order valence-electron chi connectivity index (χ3n) is 2.22. The fourth-order valence-electron chi connectivity index (χ4n) is 1.25. The Morgan fingerprint density at radius 1 is 1.29 bits per heavy atom. The van der Waals surface area contributed by atoms with Crippen molar-refractivity contribution in [3.8, 4) is 0 Å². The van der Waals surface area contributed by atoms with E-state index in [4.69, 9.17) is 5.11 Å². The molecular formula is C13H15NO3. The predicted octanol–water partition coefficient (Wildman–Crippen LogP) is 0.720. The maximum Gasteiger partial charge on any atom is 0.294 e. The fraction of sp³-hybridized carbons (Fsp3) is 0.231. The molecule has 4 nitrogen and oxygen atoms in total. The second-order valence-electron chi connectivity index (χ2n) is 3.56. The Labute approximate surface area is 100 Å². The molecule has 0 unspecified atom stereocenters. The van der Waals surface area contributed by atoms with Gasteiger partial charge in [0.05, 0.1) is 6.61 Å². The van der Waals surface area contributed by atoms with Crippen LogP contribution in [-0.4, -0.2) is 41.9 Å². The molecule has 0 bridgehead atoms. The maximum absolute atomic E-state index is 11.5. The summed E-state index contributed by atoms with van der Waals surface area (Å²) in [7, 11) is 1.48. The predicted molar refractivity (Wildman–Crippen MR) is 65.2 cm³/mol. The van der Waals surface area contributed by atoms with Crippen LogP contribution in [0.1, 0.15) is 5.56 Å². The Hall–Kier alpha value is -1.94. The van der Waals surface area contributed by atoms with E-state index in [9.17, 15) is 9.59 Å². The minimum atomic E-state index is -0.619. The van der Waals surface area contributed by atoms with E-state index in [1.54, 1.807) is 6.08 Å². The van der Waals surface area contributed by atoms with Gasteiger partial charge >= 0.3 is 0 Å². The lowest BCUT2D eigenvalue weighted by Crippen LogP contribution is -2.34. The van der Waals surface area contributed by atoms with Gasteiger partial charge < -0.3 is 10.0 Å². The van der Waals surface area contributed by atoms with E-state index in [0.717, 1.165) is 5.56 Å². The van der Waals surface area contributed by atoms with E-state index in [1.165, 1.54) is 18.0 Å². The number of benzene rings is 1. The second-order valence-corrected chi connectivity index (χ2v) is 3.56. The molecule has 1 N–H and O–H groups in total. The highest BCUT2D eigenvalue weighted by atomic mass is 16.3. The van der Waals surface area contributed by atoms with Gasteiger partial charge in [0, 0.05) is 13.6 Å². The molecule has 90 valence electrons. The van der Waals surface area contributed by atoms with E-state index in [1.807, 2.05) is 30.3 Å². The van der Waals surface area contributed by atoms with Crippen LogP contribution in [0.5, 0.6) is 0 Å². The minimum absolute atomic E-state index is 0.155. The number of ketones is 1. The van der Waals surface area contributed by atoms with Crippen LogP contribution in [0.15, 0.2) is 36.4 Å². The first-order chi connectivity index (χ1) is 8.15. The molecule has 0 radical (unpaired) electrons. The number of aliphatic hydroxyl groups is 1. The lowest BCUT2D eigenvalue weighted by molar-refractivity contribution is -0.141. The van der Waals surface area contributed by atoms with Crippen LogP contribution < -0.4 is 0 Å². The molecular weight excluding hydrogens is 218 g/mol. The normalized spacial score (nSPS) is 10.5. The first-order valence-corrected chi connectivity index (χ1v) is 5.28. The van der Waals surface area contributed by atoms with E-state index in [2.05, 4.69) is 0 Å². The highest BCUT2D eigenvalue weighted by Crippen LogP contribution is 2.01. The van der Waals surface area contributed by atoms with Crippen molar-refractivity contribution in [1.29, 1.82) is 0 Å². The summed E-state index contributed by atoms with van der Waals surface area (Å²) in [5, 5.41) is 8.65. The lowest BCUT2D eigenvalue weighted by Gasteiger charge is -2.12. The number of hydrogen-bond donors (Lipinski definition) is 1. The number of nitrogens with zero attached hydrogens (tertiary/aromatic N) is 1. The van der Waals surface area contributed by atoms with E-state index >= 15 is 0 Å². The zero-order valence-corrected chi connectivity index (χ0v) is 9.67. The van der Waals surface area contributed by atoms with Crippen molar-refractivity contribution in [2.75, 3.05) is 20.2 Å². The molecule has 0 fully saturated rings. The smallest absolute Gasteiger partial charge is 0.294 e. The van der Waals surface area contributed by atoms with Crippen molar-refractivity contribution in [3.05, 3.63) is 42.0 Å². The van der Waals surface area contributed by atoms with E-state index in [-0.39, 0.29) is 13.2 Å². The summed E-state index contributed by atoms with van der Waals surface area (Å²) in [4.78, 5) is 24.1. The number of carbonyl (C=O) groups is 2. The number of rotatable bonds is 5. The highest BCUT2D eigenvalue weighted by molar-refractivity contribution is 6.41. The zero-order chi connectivity index (χ0) is 12.7. The number of likely N-dealkylation sites (N-methyl/N-ethyl adjacent to an activating group) is 1. The minimum Gasteiger partial charge on any atom is -0.395 e. The molecule has 0 saturated heterocycles. The van der Waals surface area contributed by atoms with E-state index in [0.29, 0.717) is 0 Å². The average molecular weight is 233 g/mol. The summed E-state index contributed by atoms with van der Waals surface area (Å²) in [5.74, 6) is -1.21. The first-order valence-electron chi connectivity index (χ1n) is 5.28.